The fourth-order valence-corrected chi connectivity index (χ4v) is 3.87. The minimum Gasteiger partial charge on any atom is -0.497 e. The number of ether oxygens (including phenoxy) is 2. The predicted molar refractivity (Wildman–Crippen MR) is 123 cm³/mol. The molecule has 0 aliphatic carbocycles. The quantitative estimate of drug-likeness (QED) is 0.481. The van der Waals surface area contributed by atoms with Crippen molar-refractivity contribution in [1.29, 1.82) is 0 Å². The number of para-hydroxylation sites is 1. The molecule has 7 nitrogen and oxygen atoms in total. The largest absolute Gasteiger partial charge is 0.497 e. The summed E-state index contributed by atoms with van der Waals surface area (Å²) in [5, 5.41) is 12.1. The maximum atomic E-state index is 12.5. The molecule has 0 aliphatic heterocycles. The number of benzene rings is 2. The van der Waals surface area contributed by atoms with Crippen molar-refractivity contribution in [1.82, 2.24) is 14.8 Å². The molecule has 3 rings (SSSR count). The number of carbonyl (C=O) groups is 1. The third kappa shape index (κ3) is 5.79. The number of rotatable bonds is 9. The first-order valence-corrected chi connectivity index (χ1v) is 11.1. The Hall–Kier alpha value is -3.00. The van der Waals surface area contributed by atoms with Crippen LogP contribution in [-0.2, 0) is 11.8 Å². The zero-order valence-corrected chi connectivity index (χ0v) is 19.3. The number of anilines is 1. The molecule has 8 heteroatoms. The van der Waals surface area contributed by atoms with Crippen LogP contribution in [0.5, 0.6) is 11.5 Å². The SMILES string of the molecule is COc1ccc(OC(C)c2nnc(SCC(=O)Nc3ccccc3C(C)C)n2C)cc1. The van der Waals surface area contributed by atoms with E-state index >= 15 is 0 Å². The monoisotopic (exact) mass is 440 g/mol. The van der Waals surface area contributed by atoms with Crippen molar-refractivity contribution in [3.05, 3.63) is 59.9 Å². The second-order valence-electron chi connectivity index (χ2n) is 7.41. The molecule has 0 aliphatic rings. The van der Waals surface area contributed by atoms with Crippen LogP contribution in [-0.4, -0.2) is 33.5 Å². The lowest BCUT2D eigenvalue weighted by Gasteiger charge is -2.15. The summed E-state index contributed by atoms with van der Waals surface area (Å²) in [6.07, 6.45) is -0.299. The van der Waals surface area contributed by atoms with E-state index < -0.39 is 0 Å². The molecule has 1 atom stereocenters. The second kappa shape index (κ2) is 10.3. The Bertz CT molecular complexity index is 1020. The molecular formula is C23H28N4O3S. The van der Waals surface area contributed by atoms with Crippen molar-refractivity contribution in [3.63, 3.8) is 0 Å². The van der Waals surface area contributed by atoms with Crippen LogP contribution in [0.4, 0.5) is 5.69 Å². The van der Waals surface area contributed by atoms with Gasteiger partial charge in [0.1, 0.15) is 11.5 Å². The highest BCUT2D eigenvalue weighted by Gasteiger charge is 2.18. The van der Waals surface area contributed by atoms with Gasteiger partial charge in [-0.15, -0.1) is 10.2 Å². The summed E-state index contributed by atoms with van der Waals surface area (Å²) < 4.78 is 13.0. The lowest BCUT2D eigenvalue weighted by Crippen LogP contribution is -2.16. The molecule has 3 aromatic rings. The van der Waals surface area contributed by atoms with E-state index in [1.807, 2.05) is 67.1 Å². The highest BCUT2D eigenvalue weighted by atomic mass is 32.2. The molecule has 0 bridgehead atoms. The molecule has 1 heterocycles. The van der Waals surface area contributed by atoms with E-state index in [4.69, 9.17) is 9.47 Å². The van der Waals surface area contributed by atoms with Crippen molar-refractivity contribution in [2.24, 2.45) is 7.05 Å². The van der Waals surface area contributed by atoms with Crippen molar-refractivity contribution in [3.8, 4) is 11.5 Å². The molecule has 1 unspecified atom stereocenters. The molecule has 1 aromatic heterocycles. The number of amides is 1. The standard InChI is InChI=1S/C23H28N4O3S/c1-15(2)19-8-6-7-9-20(19)24-21(28)14-31-23-26-25-22(27(23)4)16(3)30-18-12-10-17(29-5)11-13-18/h6-13,15-16H,14H2,1-5H3,(H,24,28). The van der Waals surface area contributed by atoms with Crippen LogP contribution in [0.1, 0.15) is 44.2 Å². The molecule has 31 heavy (non-hydrogen) atoms. The van der Waals surface area contributed by atoms with Crippen LogP contribution >= 0.6 is 11.8 Å². The number of thioether (sulfide) groups is 1. The fourth-order valence-electron chi connectivity index (χ4n) is 3.15. The van der Waals surface area contributed by atoms with Gasteiger partial charge >= 0.3 is 0 Å². The maximum Gasteiger partial charge on any atom is 0.234 e. The number of methoxy groups -OCH3 is 1. The van der Waals surface area contributed by atoms with E-state index in [2.05, 4.69) is 29.4 Å². The van der Waals surface area contributed by atoms with Crippen molar-refractivity contribution < 1.29 is 14.3 Å². The van der Waals surface area contributed by atoms with Crippen LogP contribution in [0, 0.1) is 0 Å². The van der Waals surface area contributed by atoms with E-state index in [0.29, 0.717) is 22.6 Å². The molecule has 0 spiro atoms. The smallest absolute Gasteiger partial charge is 0.234 e. The highest BCUT2D eigenvalue weighted by Crippen LogP contribution is 2.26. The first-order valence-electron chi connectivity index (χ1n) is 10.1. The second-order valence-corrected chi connectivity index (χ2v) is 8.36. The molecule has 164 valence electrons. The van der Waals surface area contributed by atoms with Gasteiger partial charge in [0.05, 0.1) is 12.9 Å². The average molecular weight is 441 g/mol. The summed E-state index contributed by atoms with van der Waals surface area (Å²) >= 11 is 1.34. The van der Waals surface area contributed by atoms with Gasteiger partial charge in [-0.3, -0.25) is 4.79 Å². The number of nitrogens with one attached hydrogen (secondary N) is 1. The van der Waals surface area contributed by atoms with Gasteiger partial charge in [0.15, 0.2) is 17.1 Å². The zero-order valence-electron chi connectivity index (χ0n) is 18.5. The number of aromatic nitrogens is 3. The van der Waals surface area contributed by atoms with Crippen LogP contribution in [0.15, 0.2) is 53.7 Å². The van der Waals surface area contributed by atoms with Crippen LogP contribution in [0.3, 0.4) is 0 Å². The van der Waals surface area contributed by atoms with Crippen molar-refractivity contribution in [2.75, 3.05) is 18.2 Å². The lowest BCUT2D eigenvalue weighted by atomic mass is 10.0. The predicted octanol–water partition coefficient (Wildman–Crippen LogP) is 4.82. The maximum absolute atomic E-state index is 12.5. The Morgan fingerprint density at radius 1 is 1.06 bits per heavy atom. The van der Waals surface area contributed by atoms with E-state index in [1.165, 1.54) is 11.8 Å². The summed E-state index contributed by atoms with van der Waals surface area (Å²) in [5.74, 6) is 2.67. The first kappa shape index (κ1) is 22.7. The minimum absolute atomic E-state index is 0.0785. The van der Waals surface area contributed by atoms with Gasteiger partial charge in [0, 0.05) is 12.7 Å². The average Bonchev–Trinajstić information content (AvgIpc) is 3.13. The summed E-state index contributed by atoms with van der Waals surface area (Å²) in [4.78, 5) is 12.5. The van der Waals surface area contributed by atoms with Crippen LogP contribution in [0.25, 0.3) is 0 Å². The third-order valence-electron chi connectivity index (χ3n) is 4.79. The number of hydrogen-bond donors (Lipinski definition) is 1. The van der Waals surface area contributed by atoms with Crippen molar-refractivity contribution in [2.45, 2.75) is 37.9 Å². The Morgan fingerprint density at radius 2 is 1.74 bits per heavy atom. The first-order chi connectivity index (χ1) is 14.9. The summed E-state index contributed by atoms with van der Waals surface area (Å²) in [5.41, 5.74) is 1.97. The molecule has 0 radical (unpaired) electrons. The van der Waals surface area contributed by atoms with Crippen molar-refractivity contribution >= 4 is 23.4 Å². The van der Waals surface area contributed by atoms with Gasteiger partial charge in [0.2, 0.25) is 5.91 Å². The van der Waals surface area contributed by atoms with E-state index in [9.17, 15) is 4.79 Å². The lowest BCUT2D eigenvalue weighted by molar-refractivity contribution is -0.113. The van der Waals surface area contributed by atoms with Crippen LogP contribution in [0.2, 0.25) is 0 Å². The van der Waals surface area contributed by atoms with Crippen LogP contribution < -0.4 is 14.8 Å². The van der Waals surface area contributed by atoms with Gasteiger partial charge < -0.3 is 19.4 Å². The van der Waals surface area contributed by atoms with E-state index in [1.54, 1.807) is 7.11 Å². The number of hydrogen-bond acceptors (Lipinski definition) is 6. The van der Waals surface area contributed by atoms with Gasteiger partial charge in [-0.25, -0.2) is 0 Å². The highest BCUT2D eigenvalue weighted by molar-refractivity contribution is 7.99. The summed E-state index contributed by atoms with van der Waals surface area (Å²) in [7, 11) is 3.50. The van der Waals surface area contributed by atoms with E-state index in [0.717, 1.165) is 17.0 Å². The Balaban J connectivity index is 1.59. The number of nitrogens with zero attached hydrogens (tertiary/aromatic N) is 3. The number of carbonyl (C=O) groups excluding carboxylic acids is 1. The third-order valence-corrected chi connectivity index (χ3v) is 5.81. The topological polar surface area (TPSA) is 78.3 Å². The molecule has 2 aromatic carbocycles. The Labute approximate surface area is 187 Å². The molecule has 1 N–H and O–H groups in total. The molecule has 1 amide bonds. The van der Waals surface area contributed by atoms with Gasteiger partial charge in [0.25, 0.3) is 0 Å². The molecule has 0 saturated carbocycles. The molecule has 0 fully saturated rings. The van der Waals surface area contributed by atoms with E-state index in [-0.39, 0.29) is 17.8 Å². The fraction of sp³-hybridized carbons (Fsp3) is 0.348. The molecule has 0 saturated heterocycles. The normalized spacial score (nSPS) is 11.9. The minimum atomic E-state index is -0.299. The van der Waals surface area contributed by atoms with Gasteiger partial charge in [-0.2, -0.15) is 0 Å². The Morgan fingerprint density at radius 3 is 2.42 bits per heavy atom. The molecular weight excluding hydrogens is 412 g/mol. The summed E-state index contributed by atoms with van der Waals surface area (Å²) in [6, 6.07) is 15.3. The Kier molecular flexibility index (Phi) is 7.57. The summed E-state index contributed by atoms with van der Waals surface area (Å²) in [6.45, 7) is 6.13. The van der Waals surface area contributed by atoms with Gasteiger partial charge in [-0.05, 0) is 48.7 Å². The zero-order chi connectivity index (χ0) is 22.4. The van der Waals surface area contributed by atoms with Gasteiger partial charge in [-0.1, -0.05) is 43.8 Å².